The molecular weight excluding hydrogens is 321 g/mol. The molecule has 0 radical (unpaired) electrons. The van der Waals surface area contributed by atoms with Crippen LogP contribution < -0.4 is 10.2 Å². The van der Waals surface area contributed by atoms with Crippen LogP contribution in [0.15, 0.2) is 42.7 Å². The fraction of sp³-hybridized carbons (Fsp3) is 0.278. The number of carbonyl (C=O) groups is 1. The summed E-state index contributed by atoms with van der Waals surface area (Å²) in [7, 11) is 2.09. The number of halogens is 1. The van der Waals surface area contributed by atoms with E-state index in [9.17, 15) is 9.18 Å². The van der Waals surface area contributed by atoms with E-state index in [2.05, 4.69) is 32.1 Å². The minimum absolute atomic E-state index is 0.360. The molecule has 1 fully saturated rings. The summed E-state index contributed by atoms with van der Waals surface area (Å²) in [5.74, 6) is -0.0707. The molecule has 130 valence electrons. The van der Waals surface area contributed by atoms with Gasteiger partial charge in [-0.1, -0.05) is 18.2 Å². The highest BCUT2D eigenvalue weighted by Crippen LogP contribution is 2.13. The monoisotopic (exact) mass is 341 g/mol. The quantitative estimate of drug-likeness (QED) is 0.862. The van der Waals surface area contributed by atoms with E-state index in [1.807, 2.05) is 0 Å². The van der Waals surface area contributed by atoms with Crippen molar-refractivity contribution in [2.45, 2.75) is 0 Å². The second-order valence-electron chi connectivity index (χ2n) is 5.91. The van der Waals surface area contributed by atoms with Gasteiger partial charge >= 0.3 is 0 Å². The molecule has 3 rings (SSSR count). The number of rotatable bonds is 4. The van der Waals surface area contributed by atoms with Gasteiger partial charge in [0.15, 0.2) is 0 Å². The Labute approximate surface area is 146 Å². The van der Waals surface area contributed by atoms with Gasteiger partial charge in [-0.3, -0.25) is 4.79 Å². The third-order valence-electron chi connectivity index (χ3n) is 4.01. The summed E-state index contributed by atoms with van der Waals surface area (Å²) < 4.78 is 13.5. The van der Waals surface area contributed by atoms with E-state index in [0.717, 1.165) is 26.2 Å². The number of hydrogen-bond donors (Lipinski definition) is 1. The first kappa shape index (κ1) is 17.0. The predicted octanol–water partition coefficient (Wildman–Crippen LogP) is 2.02. The molecule has 0 atom stereocenters. The average molecular weight is 341 g/mol. The fourth-order valence-corrected chi connectivity index (χ4v) is 2.52. The van der Waals surface area contributed by atoms with Gasteiger partial charge < -0.3 is 15.1 Å². The lowest BCUT2D eigenvalue weighted by molar-refractivity contribution is -0.111. The summed E-state index contributed by atoms with van der Waals surface area (Å²) in [5.41, 5.74) is 0.861. The Morgan fingerprint density at radius 2 is 1.84 bits per heavy atom. The normalized spacial score (nSPS) is 15.5. The summed E-state index contributed by atoms with van der Waals surface area (Å²) in [6.45, 7) is 3.71. The zero-order valence-electron chi connectivity index (χ0n) is 14.0. The van der Waals surface area contributed by atoms with Crippen LogP contribution in [0.3, 0.4) is 0 Å². The number of nitrogens with one attached hydrogen (secondary N) is 1. The molecule has 1 aliphatic rings. The summed E-state index contributed by atoms with van der Waals surface area (Å²) in [6.07, 6.45) is 5.88. The SMILES string of the molecule is CN1CCN(c2ncc(NC(=O)/C=C/c3ccccc3F)cn2)CC1. The Kier molecular flexibility index (Phi) is 5.35. The van der Waals surface area contributed by atoms with Crippen LogP contribution in [-0.2, 0) is 4.79 Å². The van der Waals surface area contributed by atoms with Crippen LogP contribution >= 0.6 is 0 Å². The molecular formula is C18H20FN5O. The first-order chi connectivity index (χ1) is 12.1. The van der Waals surface area contributed by atoms with E-state index in [4.69, 9.17) is 0 Å². The zero-order chi connectivity index (χ0) is 17.6. The number of nitrogens with zero attached hydrogens (tertiary/aromatic N) is 4. The Morgan fingerprint density at radius 3 is 2.52 bits per heavy atom. The van der Waals surface area contributed by atoms with Gasteiger partial charge in [-0.25, -0.2) is 14.4 Å². The van der Waals surface area contributed by atoms with Crippen molar-refractivity contribution in [1.82, 2.24) is 14.9 Å². The van der Waals surface area contributed by atoms with Crippen LogP contribution in [0.1, 0.15) is 5.56 Å². The number of anilines is 2. The third kappa shape index (κ3) is 4.60. The van der Waals surface area contributed by atoms with Crippen molar-refractivity contribution >= 4 is 23.6 Å². The van der Waals surface area contributed by atoms with Gasteiger partial charge in [-0.05, 0) is 19.2 Å². The largest absolute Gasteiger partial charge is 0.338 e. The molecule has 1 saturated heterocycles. The maximum Gasteiger partial charge on any atom is 0.248 e. The van der Waals surface area contributed by atoms with Gasteiger partial charge in [0.05, 0.1) is 18.1 Å². The van der Waals surface area contributed by atoms with Gasteiger partial charge in [0.1, 0.15) is 5.82 Å². The van der Waals surface area contributed by atoms with Crippen molar-refractivity contribution in [2.75, 3.05) is 43.4 Å². The topological polar surface area (TPSA) is 61.4 Å². The van der Waals surface area contributed by atoms with Crippen molar-refractivity contribution in [2.24, 2.45) is 0 Å². The highest BCUT2D eigenvalue weighted by atomic mass is 19.1. The third-order valence-corrected chi connectivity index (χ3v) is 4.01. The molecule has 0 unspecified atom stereocenters. The number of piperazine rings is 1. The summed E-state index contributed by atoms with van der Waals surface area (Å²) in [6, 6.07) is 6.27. The summed E-state index contributed by atoms with van der Waals surface area (Å²) >= 11 is 0. The molecule has 1 aromatic carbocycles. The lowest BCUT2D eigenvalue weighted by Gasteiger charge is -2.32. The molecule has 25 heavy (non-hydrogen) atoms. The van der Waals surface area contributed by atoms with E-state index < -0.39 is 0 Å². The van der Waals surface area contributed by atoms with Crippen LogP contribution in [0.2, 0.25) is 0 Å². The van der Waals surface area contributed by atoms with Crippen LogP contribution in [0.5, 0.6) is 0 Å². The molecule has 6 nitrogen and oxygen atoms in total. The Morgan fingerprint density at radius 1 is 1.16 bits per heavy atom. The van der Waals surface area contributed by atoms with Gasteiger partial charge in [-0.2, -0.15) is 0 Å². The molecule has 1 aromatic heterocycles. The molecule has 0 saturated carbocycles. The first-order valence-electron chi connectivity index (χ1n) is 8.11. The highest BCUT2D eigenvalue weighted by Gasteiger charge is 2.16. The van der Waals surface area contributed by atoms with E-state index in [0.29, 0.717) is 17.2 Å². The maximum atomic E-state index is 13.5. The minimum atomic E-state index is -0.369. The predicted molar refractivity (Wildman–Crippen MR) is 95.8 cm³/mol. The van der Waals surface area contributed by atoms with E-state index in [1.54, 1.807) is 30.6 Å². The minimum Gasteiger partial charge on any atom is -0.338 e. The molecule has 2 aromatic rings. The maximum absolute atomic E-state index is 13.5. The van der Waals surface area contributed by atoms with Crippen molar-refractivity contribution < 1.29 is 9.18 Å². The number of amides is 1. The fourth-order valence-electron chi connectivity index (χ4n) is 2.52. The Bertz CT molecular complexity index is 754. The molecule has 1 N–H and O–H groups in total. The zero-order valence-corrected chi connectivity index (χ0v) is 14.0. The molecule has 2 heterocycles. The van der Waals surface area contributed by atoms with Gasteiger partial charge in [0.25, 0.3) is 0 Å². The second kappa shape index (κ2) is 7.85. The first-order valence-corrected chi connectivity index (χ1v) is 8.11. The molecule has 1 amide bonds. The van der Waals surface area contributed by atoms with Crippen LogP contribution in [0, 0.1) is 5.82 Å². The van der Waals surface area contributed by atoms with Crippen molar-refractivity contribution in [1.29, 1.82) is 0 Å². The smallest absolute Gasteiger partial charge is 0.248 e. The van der Waals surface area contributed by atoms with Crippen molar-refractivity contribution in [3.05, 3.63) is 54.1 Å². The summed E-state index contributed by atoms with van der Waals surface area (Å²) in [5, 5.41) is 2.67. The number of likely N-dealkylation sites (N-methyl/N-ethyl adjacent to an activating group) is 1. The second-order valence-corrected chi connectivity index (χ2v) is 5.91. The van der Waals surface area contributed by atoms with Gasteiger partial charge in [0.2, 0.25) is 11.9 Å². The summed E-state index contributed by atoms with van der Waals surface area (Å²) in [4.78, 5) is 24.9. The van der Waals surface area contributed by atoms with Gasteiger partial charge in [-0.15, -0.1) is 0 Å². The molecule has 0 spiro atoms. The molecule has 0 aliphatic carbocycles. The lowest BCUT2D eigenvalue weighted by atomic mass is 10.2. The lowest BCUT2D eigenvalue weighted by Crippen LogP contribution is -2.45. The van der Waals surface area contributed by atoms with Crippen LogP contribution in [0.4, 0.5) is 16.0 Å². The van der Waals surface area contributed by atoms with Crippen LogP contribution in [-0.4, -0.2) is 54.0 Å². The van der Waals surface area contributed by atoms with Crippen LogP contribution in [0.25, 0.3) is 6.08 Å². The number of carbonyl (C=O) groups excluding carboxylic acids is 1. The molecule has 7 heteroatoms. The van der Waals surface area contributed by atoms with E-state index >= 15 is 0 Å². The standard InChI is InChI=1S/C18H20FN5O/c1-23-8-10-24(11-9-23)18-20-12-15(13-21-18)22-17(25)7-6-14-4-2-3-5-16(14)19/h2-7,12-13H,8-11H2,1H3,(H,22,25)/b7-6+. The average Bonchev–Trinajstić information content (AvgIpc) is 2.62. The van der Waals surface area contributed by atoms with Crippen molar-refractivity contribution in [3.8, 4) is 0 Å². The van der Waals surface area contributed by atoms with E-state index in [1.165, 1.54) is 18.2 Å². The molecule has 0 bridgehead atoms. The molecule has 1 aliphatic heterocycles. The highest BCUT2D eigenvalue weighted by molar-refractivity contribution is 6.01. The van der Waals surface area contributed by atoms with Crippen molar-refractivity contribution in [3.63, 3.8) is 0 Å². The number of hydrogen-bond acceptors (Lipinski definition) is 5. The Balaban J connectivity index is 1.58. The van der Waals surface area contributed by atoms with E-state index in [-0.39, 0.29) is 11.7 Å². The van der Waals surface area contributed by atoms with Gasteiger partial charge in [0, 0.05) is 37.8 Å². The number of benzene rings is 1. The Hall–Kier alpha value is -2.80. The number of aromatic nitrogens is 2.